The molecule has 0 aliphatic carbocycles. The lowest BCUT2D eigenvalue weighted by atomic mass is 10.0. The van der Waals surface area contributed by atoms with Gasteiger partial charge in [-0.2, -0.15) is 0 Å². The highest BCUT2D eigenvalue weighted by Gasteiger charge is 2.23. The first-order valence-electron chi connectivity index (χ1n) is 7.02. The maximum Gasteiger partial charge on any atom is 0.341 e. The number of anilines is 1. The number of carboxylic acids is 1. The van der Waals surface area contributed by atoms with E-state index in [1.165, 1.54) is 18.4 Å². The second-order valence-electron chi connectivity index (χ2n) is 5.14. The molecule has 7 heteroatoms. The molecule has 0 spiro atoms. The van der Waals surface area contributed by atoms with Crippen LogP contribution < -0.4 is 5.32 Å². The molecule has 1 aromatic heterocycles. The summed E-state index contributed by atoms with van der Waals surface area (Å²) in [6.45, 7) is 5.52. The standard InChI is InChI=1S/C15H21NO5S/c1-5-10-9(3)22-14(13(10)15(20)21-4)16-11(17)6-8(2)7-12(18)19/h8H,5-7H2,1-4H3,(H,16,17)(H,18,19)/t8-/m0/s1. The van der Waals surface area contributed by atoms with E-state index < -0.39 is 11.9 Å². The lowest BCUT2D eigenvalue weighted by Crippen LogP contribution is -2.18. The van der Waals surface area contributed by atoms with Crippen LogP contribution in [0.3, 0.4) is 0 Å². The van der Waals surface area contributed by atoms with Crippen LogP contribution in [0.15, 0.2) is 0 Å². The highest BCUT2D eigenvalue weighted by molar-refractivity contribution is 7.16. The number of methoxy groups -OCH3 is 1. The van der Waals surface area contributed by atoms with Gasteiger partial charge in [0.05, 0.1) is 12.7 Å². The molecule has 22 heavy (non-hydrogen) atoms. The Hall–Kier alpha value is -1.89. The van der Waals surface area contributed by atoms with E-state index >= 15 is 0 Å². The molecule has 0 fully saturated rings. The Labute approximate surface area is 133 Å². The van der Waals surface area contributed by atoms with Crippen molar-refractivity contribution in [2.75, 3.05) is 12.4 Å². The molecule has 0 radical (unpaired) electrons. The molecular formula is C15H21NO5S. The van der Waals surface area contributed by atoms with Crippen molar-refractivity contribution in [2.45, 2.75) is 40.0 Å². The van der Waals surface area contributed by atoms with Crippen molar-refractivity contribution >= 4 is 34.2 Å². The highest BCUT2D eigenvalue weighted by atomic mass is 32.1. The summed E-state index contributed by atoms with van der Waals surface area (Å²) in [4.78, 5) is 35.5. The third-order valence-corrected chi connectivity index (χ3v) is 4.32. The molecule has 0 unspecified atom stereocenters. The van der Waals surface area contributed by atoms with Crippen molar-refractivity contribution in [3.8, 4) is 0 Å². The molecule has 1 amide bonds. The summed E-state index contributed by atoms with van der Waals surface area (Å²) in [5.74, 6) is -1.99. The van der Waals surface area contributed by atoms with Crippen molar-refractivity contribution in [3.63, 3.8) is 0 Å². The van der Waals surface area contributed by atoms with E-state index in [-0.39, 0.29) is 24.7 Å². The zero-order chi connectivity index (χ0) is 16.9. The average Bonchev–Trinajstić information content (AvgIpc) is 2.71. The highest BCUT2D eigenvalue weighted by Crippen LogP contribution is 2.34. The Morgan fingerprint density at radius 1 is 1.32 bits per heavy atom. The van der Waals surface area contributed by atoms with Gasteiger partial charge in [0.25, 0.3) is 0 Å². The Morgan fingerprint density at radius 2 is 1.95 bits per heavy atom. The Kier molecular flexibility index (Phi) is 6.55. The third kappa shape index (κ3) is 4.56. The first kappa shape index (κ1) is 18.2. The first-order valence-corrected chi connectivity index (χ1v) is 7.83. The average molecular weight is 327 g/mol. The van der Waals surface area contributed by atoms with Crippen molar-refractivity contribution in [1.82, 2.24) is 0 Å². The number of rotatable bonds is 7. The molecule has 0 aromatic carbocycles. The monoisotopic (exact) mass is 327 g/mol. The maximum atomic E-state index is 12.0. The largest absolute Gasteiger partial charge is 0.481 e. The number of hydrogen-bond acceptors (Lipinski definition) is 5. The molecule has 122 valence electrons. The number of aliphatic carboxylic acids is 1. The van der Waals surface area contributed by atoms with E-state index in [2.05, 4.69) is 5.32 Å². The summed E-state index contributed by atoms with van der Waals surface area (Å²) in [6, 6.07) is 0. The molecule has 1 aromatic rings. The van der Waals surface area contributed by atoms with Crippen LogP contribution in [0.4, 0.5) is 5.00 Å². The number of hydrogen-bond donors (Lipinski definition) is 2. The van der Waals surface area contributed by atoms with Crippen LogP contribution >= 0.6 is 11.3 Å². The summed E-state index contributed by atoms with van der Waals surface area (Å²) in [7, 11) is 1.30. The second-order valence-corrected chi connectivity index (χ2v) is 6.37. The minimum Gasteiger partial charge on any atom is -0.481 e. The SMILES string of the molecule is CCc1c(C)sc(NC(=O)C[C@H](C)CC(=O)O)c1C(=O)OC. The van der Waals surface area contributed by atoms with E-state index in [1.807, 2.05) is 13.8 Å². The molecular weight excluding hydrogens is 306 g/mol. The van der Waals surface area contributed by atoms with Crippen LogP contribution in [0.25, 0.3) is 0 Å². The molecule has 0 saturated heterocycles. The van der Waals surface area contributed by atoms with Crippen LogP contribution in [0.2, 0.25) is 0 Å². The van der Waals surface area contributed by atoms with Crippen LogP contribution in [0.1, 0.15) is 47.5 Å². The van der Waals surface area contributed by atoms with Gasteiger partial charge in [0.2, 0.25) is 5.91 Å². The van der Waals surface area contributed by atoms with Gasteiger partial charge in [-0.3, -0.25) is 9.59 Å². The van der Waals surface area contributed by atoms with Crippen LogP contribution in [0, 0.1) is 12.8 Å². The molecule has 6 nitrogen and oxygen atoms in total. The van der Waals surface area contributed by atoms with E-state index in [1.54, 1.807) is 6.92 Å². The van der Waals surface area contributed by atoms with Crippen molar-refractivity contribution in [3.05, 3.63) is 16.0 Å². The number of ether oxygens (including phenoxy) is 1. The number of carbonyl (C=O) groups excluding carboxylic acids is 2. The number of amides is 1. The fourth-order valence-corrected chi connectivity index (χ4v) is 3.42. The molecule has 1 atom stereocenters. The van der Waals surface area contributed by atoms with Gasteiger partial charge >= 0.3 is 11.9 Å². The zero-order valence-corrected chi connectivity index (χ0v) is 14.0. The normalized spacial score (nSPS) is 11.8. The van der Waals surface area contributed by atoms with Crippen LogP contribution in [-0.4, -0.2) is 30.1 Å². The molecule has 1 heterocycles. The number of carboxylic acid groups (broad SMARTS) is 1. The predicted molar refractivity (Wildman–Crippen MR) is 84.4 cm³/mol. The fourth-order valence-electron chi connectivity index (χ4n) is 2.27. The zero-order valence-electron chi connectivity index (χ0n) is 13.2. The van der Waals surface area contributed by atoms with Gasteiger partial charge in [-0.15, -0.1) is 11.3 Å². The second kappa shape index (κ2) is 7.93. The fraction of sp³-hybridized carbons (Fsp3) is 0.533. The van der Waals surface area contributed by atoms with E-state index in [0.717, 1.165) is 10.4 Å². The number of thiophene rings is 1. The van der Waals surface area contributed by atoms with Crippen molar-refractivity contribution < 1.29 is 24.2 Å². The minimum absolute atomic E-state index is 0.0685. The molecule has 0 bridgehead atoms. The van der Waals surface area contributed by atoms with Gasteiger partial charge in [-0.25, -0.2) is 4.79 Å². The summed E-state index contributed by atoms with van der Waals surface area (Å²) < 4.78 is 4.79. The van der Waals surface area contributed by atoms with Crippen molar-refractivity contribution in [1.29, 1.82) is 0 Å². The van der Waals surface area contributed by atoms with Gasteiger partial charge in [-0.1, -0.05) is 13.8 Å². The van der Waals surface area contributed by atoms with Gasteiger partial charge in [0.1, 0.15) is 5.00 Å². The van der Waals surface area contributed by atoms with Crippen LogP contribution in [-0.2, 0) is 20.7 Å². The smallest absolute Gasteiger partial charge is 0.341 e. The number of aryl methyl sites for hydroxylation is 1. The molecule has 0 saturated carbocycles. The third-order valence-electron chi connectivity index (χ3n) is 3.26. The first-order chi connectivity index (χ1) is 10.3. The van der Waals surface area contributed by atoms with Gasteiger partial charge in [0, 0.05) is 17.7 Å². The Bertz CT molecular complexity index is 579. The summed E-state index contributed by atoms with van der Waals surface area (Å²) in [5.41, 5.74) is 1.26. The lowest BCUT2D eigenvalue weighted by molar-refractivity contribution is -0.138. The summed E-state index contributed by atoms with van der Waals surface area (Å²) >= 11 is 1.33. The van der Waals surface area contributed by atoms with Crippen LogP contribution in [0.5, 0.6) is 0 Å². The van der Waals surface area contributed by atoms with E-state index in [9.17, 15) is 14.4 Å². The summed E-state index contributed by atoms with van der Waals surface area (Å²) in [6.07, 6.45) is 0.685. The van der Waals surface area contributed by atoms with Crippen molar-refractivity contribution in [2.24, 2.45) is 5.92 Å². The topological polar surface area (TPSA) is 92.7 Å². The molecule has 0 aliphatic heterocycles. The quantitative estimate of drug-likeness (QED) is 0.751. The Morgan fingerprint density at radius 3 is 2.45 bits per heavy atom. The summed E-state index contributed by atoms with van der Waals surface area (Å²) in [5, 5.41) is 11.9. The Balaban J connectivity index is 2.91. The number of nitrogens with one attached hydrogen (secondary N) is 1. The lowest BCUT2D eigenvalue weighted by Gasteiger charge is -2.10. The van der Waals surface area contributed by atoms with E-state index in [0.29, 0.717) is 17.0 Å². The molecule has 2 N–H and O–H groups in total. The number of carbonyl (C=O) groups is 3. The molecule has 0 aliphatic rings. The maximum absolute atomic E-state index is 12.0. The molecule has 1 rings (SSSR count). The van der Waals surface area contributed by atoms with E-state index in [4.69, 9.17) is 9.84 Å². The van der Waals surface area contributed by atoms with Gasteiger partial charge in [0.15, 0.2) is 0 Å². The number of esters is 1. The van der Waals surface area contributed by atoms with Gasteiger partial charge in [-0.05, 0) is 24.8 Å². The predicted octanol–water partition coefficient (Wildman–Crippen LogP) is 2.84. The van der Waals surface area contributed by atoms with Gasteiger partial charge < -0.3 is 15.2 Å². The minimum atomic E-state index is -0.934.